The van der Waals surface area contributed by atoms with Crippen molar-refractivity contribution in [1.29, 1.82) is 0 Å². The van der Waals surface area contributed by atoms with Crippen molar-refractivity contribution in [2.45, 2.75) is 18.9 Å². The summed E-state index contributed by atoms with van der Waals surface area (Å²) in [5.74, 6) is -0.0346. The van der Waals surface area contributed by atoms with Gasteiger partial charge < -0.3 is 19.2 Å². The van der Waals surface area contributed by atoms with Gasteiger partial charge in [-0.25, -0.2) is 4.39 Å². The Morgan fingerprint density at radius 1 is 1.03 bits per heavy atom. The number of fused-ring (bicyclic) bond motifs is 3. The van der Waals surface area contributed by atoms with Gasteiger partial charge >= 0.3 is 5.97 Å². The molecule has 0 saturated carbocycles. The van der Waals surface area contributed by atoms with Crippen LogP contribution in [0.25, 0.3) is 10.9 Å². The van der Waals surface area contributed by atoms with E-state index in [4.69, 9.17) is 14.2 Å². The standard InChI is InChI=1S/C26H20FNO5/c1-31-22-12-16(9-10-21(22)32-14-15-5-4-6-17(27)11-15)19-13-23(29)33-25-18-7-2-3-8-20(18)28-26(30)24(19)25/h2-12,19H,13-14H2,1H3,(H,28,30)/t19-/m1/s1. The number of carbonyl (C=O) groups is 1. The molecule has 6 nitrogen and oxygen atoms in total. The fraction of sp³-hybridized carbons (Fsp3) is 0.154. The van der Waals surface area contributed by atoms with E-state index in [2.05, 4.69) is 4.98 Å². The van der Waals surface area contributed by atoms with Crippen molar-refractivity contribution in [2.75, 3.05) is 7.11 Å². The third kappa shape index (κ3) is 3.93. The molecule has 0 amide bonds. The van der Waals surface area contributed by atoms with Gasteiger partial charge in [-0.2, -0.15) is 0 Å². The van der Waals surface area contributed by atoms with Crippen LogP contribution in [0.15, 0.2) is 71.5 Å². The third-order valence-corrected chi connectivity index (χ3v) is 5.72. The highest BCUT2D eigenvalue weighted by molar-refractivity contribution is 5.91. The molecule has 4 aromatic rings. The average molecular weight is 445 g/mol. The number of para-hydroxylation sites is 1. The smallest absolute Gasteiger partial charge is 0.312 e. The summed E-state index contributed by atoms with van der Waals surface area (Å²) in [6, 6.07) is 18.6. The number of H-pyrrole nitrogens is 1. The van der Waals surface area contributed by atoms with Crippen LogP contribution < -0.4 is 19.8 Å². The van der Waals surface area contributed by atoms with Crippen LogP contribution in [0.5, 0.6) is 17.2 Å². The number of halogens is 1. The zero-order valence-corrected chi connectivity index (χ0v) is 17.8. The molecule has 0 saturated heterocycles. The lowest BCUT2D eigenvalue weighted by molar-refractivity contribution is -0.135. The molecule has 1 aliphatic rings. The molecule has 3 aromatic carbocycles. The highest BCUT2D eigenvalue weighted by Gasteiger charge is 2.33. The van der Waals surface area contributed by atoms with E-state index in [0.29, 0.717) is 39.3 Å². The van der Waals surface area contributed by atoms with Gasteiger partial charge in [0.2, 0.25) is 0 Å². The molecule has 1 atom stereocenters. The van der Waals surface area contributed by atoms with Crippen LogP contribution in [-0.4, -0.2) is 18.1 Å². The number of hydrogen-bond donors (Lipinski definition) is 1. The number of carbonyl (C=O) groups excluding carboxylic acids is 1. The number of aromatic amines is 1. The lowest BCUT2D eigenvalue weighted by Crippen LogP contribution is -2.28. The van der Waals surface area contributed by atoms with Gasteiger partial charge in [-0.05, 0) is 47.5 Å². The maximum atomic E-state index is 13.4. The van der Waals surface area contributed by atoms with E-state index in [1.807, 2.05) is 12.1 Å². The summed E-state index contributed by atoms with van der Waals surface area (Å²) in [4.78, 5) is 28.3. The van der Waals surface area contributed by atoms with Crippen molar-refractivity contribution in [3.05, 3.63) is 99.6 Å². The molecule has 0 aliphatic carbocycles. The topological polar surface area (TPSA) is 77.6 Å². The number of hydrogen-bond acceptors (Lipinski definition) is 5. The first-order valence-electron chi connectivity index (χ1n) is 10.4. The minimum Gasteiger partial charge on any atom is -0.493 e. The molecule has 0 spiro atoms. The van der Waals surface area contributed by atoms with Crippen molar-refractivity contribution in [2.24, 2.45) is 0 Å². The molecule has 33 heavy (non-hydrogen) atoms. The molecule has 1 N–H and O–H groups in total. The molecule has 0 radical (unpaired) electrons. The van der Waals surface area contributed by atoms with Gasteiger partial charge in [0.25, 0.3) is 5.56 Å². The first-order valence-corrected chi connectivity index (χ1v) is 10.4. The average Bonchev–Trinajstić information content (AvgIpc) is 2.82. The van der Waals surface area contributed by atoms with E-state index >= 15 is 0 Å². The largest absolute Gasteiger partial charge is 0.493 e. The van der Waals surface area contributed by atoms with Crippen molar-refractivity contribution in [3.8, 4) is 17.2 Å². The van der Waals surface area contributed by atoms with E-state index in [0.717, 1.165) is 5.56 Å². The monoisotopic (exact) mass is 445 g/mol. The van der Waals surface area contributed by atoms with Gasteiger partial charge in [0.15, 0.2) is 11.5 Å². The van der Waals surface area contributed by atoms with E-state index in [1.165, 1.54) is 19.2 Å². The predicted molar refractivity (Wildman–Crippen MR) is 120 cm³/mol. The summed E-state index contributed by atoms with van der Waals surface area (Å²) in [6.45, 7) is 0.164. The molecule has 7 heteroatoms. The van der Waals surface area contributed by atoms with Gasteiger partial charge in [0.05, 0.1) is 24.6 Å². The maximum absolute atomic E-state index is 13.4. The fourth-order valence-corrected chi connectivity index (χ4v) is 4.17. The molecule has 0 bridgehead atoms. The van der Waals surface area contributed by atoms with Crippen molar-refractivity contribution in [1.82, 2.24) is 4.98 Å². The Balaban J connectivity index is 1.52. The number of methoxy groups -OCH3 is 1. The predicted octanol–water partition coefficient (Wildman–Crippen LogP) is 4.70. The van der Waals surface area contributed by atoms with Crippen LogP contribution >= 0.6 is 0 Å². The van der Waals surface area contributed by atoms with Crippen LogP contribution in [0.4, 0.5) is 4.39 Å². The highest BCUT2D eigenvalue weighted by Crippen LogP contribution is 2.42. The molecule has 5 rings (SSSR count). The second-order valence-corrected chi connectivity index (χ2v) is 7.80. The van der Waals surface area contributed by atoms with E-state index in [9.17, 15) is 14.0 Å². The minimum atomic E-state index is -0.499. The Kier molecular flexibility index (Phi) is 5.30. The third-order valence-electron chi connectivity index (χ3n) is 5.72. The summed E-state index contributed by atoms with van der Waals surface area (Å²) >= 11 is 0. The second kappa shape index (κ2) is 8.43. The summed E-state index contributed by atoms with van der Waals surface area (Å²) < 4.78 is 30.3. The van der Waals surface area contributed by atoms with Gasteiger partial charge in [-0.3, -0.25) is 9.59 Å². The van der Waals surface area contributed by atoms with Crippen LogP contribution in [0, 0.1) is 5.82 Å². The number of ether oxygens (including phenoxy) is 3. The Morgan fingerprint density at radius 3 is 2.70 bits per heavy atom. The van der Waals surface area contributed by atoms with Crippen LogP contribution in [0.2, 0.25) is 0 Å². The summed E-state index contributed by atoms with van der Waals surface area (Å²) in [6.07, 6.45) is 0.0288. The second-order valence-electron chi connectivity index (χ2n) is 7.80. The Hall–Kier alpha value is -4.13. The fourth-order valence-electron chi connectivity index (χ4n) is 4.17. The molecule has 0 fully saturated rings. The minimum absolute atomic E-state index is 0.0288. The van der Waals surface area contributed by atoms with Gasteiger partial charge in [0.1, 0.15) is 18.2 Å². The maximum Gasteiger partial charge on any atom is 0.312 e. The number of rotatable bonds is 5. The number of nitrogens with one attached hydrogen (secondary N) is 1. The normalized spacial score (nSPS) is 15.1. The Bertz CT molecular complexity index is 1430. The summed E-state index contributed by atoms with van der Waals surface area (Å²) in [7, 11) is 1.51. The van der Waals surface area contributed by atoms with E-state index in [-0.39, 0.29) is 24.4 Å². The highest BCUT2D eigenvalue weighted by atomic mass is 19.1. The number of esters is 1. The van der Waals surface area contributed by atoms with Crippen LogP contribution in [-0.2, 0) is 11.4 Å². The van der Waals surface area contributed by atoms with Gasteiger partial charge in [-0.15, -0.1) is 0 Å². The van der Waals surface area contributed by atoms with Crippen molar-refractivity contribution < 1.29 is 23.4 Å². The van der Waals surface area contributed by atoms with Gasteiger partial charge in [-0.1, -0.05) is 30.3 Å². The van der Waals surface area contributed by atoms with Crippen LogP contribution in [0.3, 0.4) is 0 Å². The molecule has 1 aliphatic heterocycles. The number of pyridine rings is 1. The Morgan fingerprint density at radius 2 is 1.88 bits per heavy atom. The van der Waals surface area contributed by atoms with Crippen molar-refractivity contribution in [3.63, 3.8) is 0 Å². The lowest BCUT2D eigenvalue weighted by Gasteiger charge is -2.25. The van der Waals surface area contributed by atoms with Crippen LogP contribution in [0.1, 0.15) is 29.0 Å². The molecular weight excluding hydrogens is 425 g/mol. The first kappa shape index (κ1) is 20.8. The molecule has 0 unspecified atom stereocenters. The first-order chi connectivity index (χ1) is 16.0. The lowest BCUT2D eigenvalue weighted by atomic mass is 9.86. The zero-order chi connectivity index (χ0) is 22.9. The molecule has 2 heterocycles. The summed E-state index contributed by atoms with van der Waals surface area (Å²) in [5.41, 5.74) is 2.12. The summed E-state index contributed by atoms with van der Waals surface area (Å²) in [5, 5.41) is 0.673. The number of benzene rings is 3. The Labute approximate surface area is 188 Å². The number of aromatic nitrogens is 1. The quantitative estimate of drug-likeness (QED) is 0.451. The van der Waals surface area contributed by atoms with E-state index < -0.39 is 11.9 Å². The SMILES string of the molecule is COc1cc([C@H]2CC(=O)Oc3c2c(=O)[nH]c2ccccc32)ccc1OCc1cccc(F)c1. The van der Waals surface area contributed by atoms with Gasteiger partial charge in [0, 0.05) is 11.3 Å². The van der Waals surface area contributed by atoms with E-state index in [1.54, 1.807) is 42.5 Å². The van der Waals surface area contributed by atoms with Crippen molar-refractivity contribution >= 4 is 16.9 Å². The zero-order valence-electron chi connectivity index (χ0n) is 17.8. The molecule has 1 aromatic heterocycles. The molecule has 166 valence electrons. The molecular formula is C26H20FNO5.